The minimum Gasteiger partial charge on any atom is -0.493 e. The van der Waals surface area contributed by atoms with E-state index in [9.17, 15) is 9.59 Å². The second kappa shape index (κ2) is 28.4. The number of piperazine rings is 2. The number of nitrogens with zero attached hydrogens (tertiary/aromatic N) is 9. The zero-order valence-electron chi connectivity index (χ0n) is 53.9. The molecule has 462 valence electrons. The lowest BCUT2D eigenvalue weighted by Crippen LogP contribution is -2.47. The number of carbonyl (C=O) groups excluding carboxylic acids is 2. The highest BCUT2D eigenvalue weighted by Crippen LogP contribution is 2.39. The van der Waals surface area contributed by atoms with Crippen molar-refractivity contribution in [2.45, 2.75) is 114 Å². The lowest BCUT2D eigenvalue weighted by Gasteiger charge is -2.36. The summed E-state index contributed by atoms with van der Waals surface area (Å²) >= 11 is 0. The average molecular weight is 1180 g/mol. The Hall–Kier alpha value is -7.10. The molecule has 14 nitrogen and oxygen atoms in total. The third kappa shape index (κ3) is 16.4. The number of nitrogens with one attached hydrogen (secondary N) is 1. The molecule has 7 aromatic rings. The maximum Gasteiger partial charge on any atom is 0.258 e. The SMILES string of the molecule is Cc1cc(C(=O)N2CCc3nc(C)n(Cc4ccccc4)c3-c3ccccc32)ccc1OCCCN1CCN(CCC(C)(C)C)CC1.Cc1nc2c([nH]1)CCN(C(=O)c1ccc(OCCCN3CCN(CCC(C)(C)C)CC3)c(C)c1)c1ccccc1-2. The lowest BCUT2D eigenvalue weighted by molar-refractivity contribution is 0.0979. The molecule has 4 aliphatic heterocycles. The Balaban J connectivity index is 0.000000195. The molecule has 0 aliphatic carbocycles. The van der Waals surface area contributed by atoms with Crippen molar-refractivity contribution in [3.05, 3.63) is 166 Å². The number of amides is 2. The van der Waals surface area contributed by atoms with Crippen molar-refractivity contribution in [3.63, 3.8) is 0 Å². The van der Waals surface area contributed by atoms with Gasteiger partial charge in [-0.1, -0.05) is 108 Å². The van der Waals surface area contributed by atoms with Crippen LogP contribution in [0.1, 0.15) is 128 Å². The summed E-state index contributed by atoms with van der Waals surface area (Å²) in [5.41, 5.74) is 13.4. The Labute approximate surface area is 518 Å². The summed E-state index contributed by atoms with van der Waals surface area (Å²) in [6.45, 7) is 39.0. The van der Waals surface area contributed by atoms with Crippen LogP contribution in [0.2, 0.25) is 0 Å². The molecule has 2 saturated heterocycles. The van der Waals surface area contributed by atoms with Gasteiger partial charge in [0.2, 0.25) is 0 Å². The Morgan fingerprint density at radius 1 is 0.517 bits per heavy atom. The van der Waals surface area contributed by atoms with Gasteiger partial charge in [0.15, 0.2) is 0 Å². The number of ether oxygens (including phenoxy) is 2. The molecule has 1 N–H and O–H groups in total. The molecule has 2 aromatic heterocycles. The summed E-state index contributed by atoms with van der Waals surface area (Å²) in [6, 6.07) is 38.5. The Morgan fingerprint density at radius 2 is 0.977 bits per heavy atom. The van der Waals surface area contributed by atoms with Crippen LogP contribution in [0.5, 0.6) is 11.5 Å². The lowest BCUT2D eigenvalue weighted by atomic mass is 9.92. The summed E-state index contributed by atoms with van der Waals surface area (Å²) < 4.78 is 14.7. The standard InChI is InChI=1S/C40H51N5O2.C33H45N5O2/c1-30-28-33(16-17-37(30)47-27-11-20-42-23-25-43(26-24-42)22-19-40(3,4)5)39(46)44-21-18-35-38(34-14-9-10-15-36(34)44)45(31(2)41-35)29-32-12-7-6-8-13-32;1-24-23-26(32(39)38-16-13-28-31(35-25(2)34-28)27-9-6-7-10-29(27)38)11-12-30(24)40-22-8-15-36-18-20-37(21-19-36)17-14-33(3,4)5/h6-10,12-17,28H,11,18-27,29H2,1-5H3;6-7,9-12,23H,8,13-22H2,1-5H3,(H,34,35). The molecule has 2 amide bonds. The van der Waals surface area contributed by atoms with Crippen LogP contribution in [0.4, 0.5) is 11.4 Å². The predicted octanol–water partition coefficient (Wildman–Crippen LogP) is 13.0. The van der Waals surface area contributed by atoms with Crippen LogP contribution in [0.25, 0.3) is 22.5 Å². The largest absolute Gasteiger partial charge is 0.493 e. The Kier molecular flexibility index (Phi) is 20.5. The molecule has 0 atom stereocenters. The number of H-pyrrole nitrogens is 1. The number of rotatable bonds is 18. The van der Waals surface area contributed by atoms with Crippen molar-refractivity contribution in [1.82, 2.24) is 39.1 Å². The highest BCUT2D eigenvalue weighted by molar-refractivity contribution is 6.09. The van der Waals surface area contributed by atoms with Gasteiger partial charge in [0.25, 0.3) is 11.8 Å². The fraction of sp³-hybridized carbons (Fsp3) is 0.479. The molecule has 0 saturated carbocycles. The van der Waals surface area contributed by atoms with Crippen molar-refractivity contribution < 1.29 is 19.1 Å². The molecule has 11 rings (SSSR count). The van der Waals surface area contributed by atoms with Crippen LogP contribution in [-0.4, -0.2) is 156 Å². The fourth-order valence-electron chi connectivity index (χ4n) is 12.5. The minimum atomic E-state index is 0.00484. The Morgan fingerprint density at radius 3 is 1.48 bits per heavy atom. The molecule has 0 unspecified atom stereocenters. The molecule has 0 bridgehead atoms. The van der Waals surface area contributed by atoms with Crippen LogP contribution < -0.4 is 19.3 Å². The highest BCUT2D eigenvalue weighted by Gasteiger charge is 2.31. The quantitative estimate of drug-likeness (QED) is 0.0832. The number of benzene rings is 5. The maximum absolute atomic E-state index is 14.1. The van der Waals surface area contributed by atoms with E-state index in [2.05, 4.69) is 126 Å². The van der Waals surface area contributed by atoms with E-state index in [1.165, 1.54) is 31.5 Å². The van der Waals surface area contributed by atoms with Gasteiger partial charge in [0.05, 0.1) is 41.7 Å². The van der Waals surface area contributed by atoms with E-state index >= 15 is 0 Å². The molecular formula is C73H96N10O4. The average Bonchev–Trinajstić information content (AvgIpc) is 2.31. The molecule has 0 radical (unpaired) electrons. The van der Waals surface area contributed by atoms with Gasteiger partial charge in [0, 0.05) is 126 Å². The van der Waals surface area contributed by atoms with E-state index in [4.69, 9.17) is 19.4 Å². The van der Waals surface area contributed by atoms with Gasteiger partial charge in [0.1, 0.15) is 23.1 Å². The van der Waals surface area contributed by atoms with E-state index in [-0.39, 0.29) is 11.8 Å². The molecule has 6 heterocycles. The number of hydrogen-bond donors (Lipinski definition) is 1. The van der Waals surface area contributed by atoms with Crippen molar-refractivity contribution in [3.8, 4) is 34.0 Å². The summed E-state index contributed by atoms with van der Waals surface area (Å²) in [7, 11) is 0. The van der Waals surface area contributed by atoms with E-state index in [1.54, 1.807) is 0 Å². The minimum absolute atomic E-state index is 0.00484. The van der Waals surface area contributed by atoms with Crippen LogP contribution >= 0.6 is 0 Å². The van der Waals surface area contributed by atoms with E-state index in [0.717, 1.165) is 171 Å². The summed E-state index contributed by atoms with van der Waals surface area (Å²) in [5, 5.41) is 0. The van der Waals surface area contributed by atoms with Gasteiger partial charge >= 0.3 is 0 Å². The third-order valence-corrected chi connectivity index (χ3v) is 17.7. The number of para-hydroxylation sites is 2. The zero-order chi connectivity index (χ0) is 61.2. The third-order valence-electron chi connectivity index (χ3n) is 17.7. The van der Waals surface area contributed by atoms with E-state index in [1.807, 2.05) is 97.3 Å². The molecule has 2 fully saturated rings. The summed E-state index contributed by atoms with van der Waals surface area (Å²) in [4.78, 5) is 55.0. The van der Waals surface area contributed by atoms with Crippen molar-refractivity contribution in [1.29, 1.82) is 0 Å². The van der Waals surface area contributed by atoms with Crippen LogP contribution in [-0.2, 0) is 19.4 Å². The zero-order valence-corrected chi connectivity index (χ0v) is 53.9. The summed E-state index contributed by atoms with van der Waals surface area (Å²) in [5.74, 6) is 3.62. The monoisotopic (exact) mass is 1180 g/mol. The first kappa shape index (κ1) is 62.9. The molecular weight excluding hydrogens is 1080 g/mol. The molecule has 4 aliphatic rings. The molecule has 0 spiro atoms. The fourth-order valence-corrected chi connectivity index (χ4v) is 12.5. The second-order valence-corrected chi connectivity index (χ2v) is 27.0. The first-order valence-corrected chi connectivity index (χ1v) is 32.2. The van der Waals surface area contributed by atoms with Crippen molar-refractivity contribution in [2.75, 3.05) is 115 Å². The van der Waals surface area contributed by atoms with Gasteiger partial charge in [-0.3, -0.25) is 9.59 Å². The topological polar surface area (TPSA) is 119 Å². The number of aromatic nitrogens is 4. The van der Waals surface area contributed by atoms with Crippen molar-refractivity contribution in [2.24, 2.45) is 10.8 Å². The first-order chi connectivity index (χ1) is 41.8. The van der Waals surface area contributed by atoms with Gasteiger partial charge in [-0.05, 0) is 143 Å². The van der Waals surface area contributed by atoms with Crippen LogP contribution in [0, 0.1) is 38.5 Å². The number of anilines is 2. The van der Waals surface area contributed by atoms with Crippen molar-refractivity contribution >= 4 is 23.2 Å². The number of fused-ring (bicyclic) bond motifs is 6. The number of hydrogen-bond acceptors (Lipinski definition) is 10. The molecule has 87 heavy (non-hydrogen) atoms. The number of aryl methyl sites for hydroxylation is 4. The molecule has 5 aromatic carbocycles. The number of imidazole rings is 2. The number of carbonyl (C=O) groups is 2. The number of aromatic amines is 1. The predicted molar refractivity (Wildman–Crippen MR) is 354 cm³/mol. The Bertz CT molecular complexity index is 3430. The smallest absolute Gasteiger partial charge is 0.258 e. The van der Waals surface area contributed by atoms with E-state index < -0.39 is 0 Å². The van der Waals surface area contributed by atoms with Crippen LogP contribution in [0.15, 0.2) is 115 Å². The first-order valence-electron chi connectivity index (χ1n) is 32.2. The van der Waals surface area contributed by atoms with Gasteiger partial charge < -0.3 is 48.4 Å². The molecule has 14 heteroatoms. The van der Waals surface area contributed by atoms with E-state index in [0.29, 0.717) is 54.7 Å². The summed E-state index contributed by atoms with van der Waals surface area (Å²) in [6.07, 6.45) is 5.93. The van der Waals surface area contributed by atoms with Gasteiger partial charge in [-0.15, -0.1) is 0 Å². The van der Waals surface area contributed by atoms with Crippen LogP contribution in [0.3, 0.4) is 0 Å². The normalized spacial score (nSPS) is 16.0. The highest BCUT2D eigenvalue weighted by atomic mass is 16.5. The maximum atomic E-state index is 14.1. The van der Waals surface area contributed by atoms with Gasteiger partial charge in [-0.2, -0.15) is 0 Å². The van der Waals surface area contributed by atoms with Gasteiger partial charge in [-0.25, -0.2) is 9.97 Å². The second-order valence-electron chi connectivity index (χ2n) is 27.0.